The van der Waals surface area contributed by atoms with Crippen LogP contribution in [0.25, 0.3) is 0 Å². The fourth-order valence-corrected chi connectivity index (χ4v) is 3.86. The van der Waals surface area contributed by atoms with Crippen LogP contribution in [0.5, 0.6) is 0 Å². The van der Waals surface area contributed by atoms with Gasteiger partial charge in [-0.25, -0.2) is 0 Å². The van der Waals surface area contributed by atoms with E-state index in [1.807, 2.05) is 0 Å². The van der Waals surface area contributed by atoms with Gasteiger partial charge in [0, 0.05) is 16.8 Å². The van der Waals surface area contributed by atoms with Gasteiger partial charge in [-0.3, -0.25) is 9.69 Å². The Morgan fingerprint density at radius 2 is 1.36 bits per heavy atom. The van der Waals surface area contributed by atoms with Crippen molar-refractivity contribution >= 4 is 11.6 Å². The molecule has 3 nitrogen and oxygen atoms in total. The van der Waals surface area contributed by atoms with Crippen LogP contribution in [-0.4, -0.2) is 17.2 Å². The third-order valence-corrected chi connectivity index (χ3v) is 4.98. The van der Waals surface area contributed by atoms with Crippen LogP contribution in [0.3, 0.4) is 0 Å². The summed E-state index contributed by atoms with van der Waals surface area (Å²) in [5.41, 5.74) is -2.55. The van der Waals surface area contributed by atoms with E-state index in [2.05, 4.69) is 0 Å². The lowest BCUT2D eigenvalue weighted by molar-refractivity contribution is -0.197. The summed E-state index contributed by atoms with van der Waals surface area (Å²) >= 11 is 0. The highest BCUT2D eigenvalue weighted by Gasteiger charge is 2.63. The van der Waals surface area contributed by atoms with Crippen molar-refractivity contribution in [1.29, 1.82) is 0 Å². The Hall–Kier alpha value is -3.12. The molecule has 3 aromatic rings. The Balaban J connectivity index is 2.02. The van der Waals surface area contributed by atoms with Gasteiger partial charge in [-0.15, -0.1) is 0 Å². The third-order valence-electron chi connectivity index (χ3n) is 4.98. The highest BCUT2D eigenvalue weighted by Crippen LogP contribution is 2.54. The fraction of sp³-hybridized carbons (Fsp3) is 0.136. The van der Waals surface area contributed by atoms with Crippen molar-refractivity contribution in [3.8, 4) is 0 Å². The van der Waals surface area contributed by atoms with Crippen LogP contribution in [0, 0.1) is 0 Å². The van der Waals surface area contributed by atoms with Crippen LogP contribution in [0.4, 0.5) is 18.9 Å². The smallest absolute Gasteiger partial charge is 0.366 e. The van der Waals surface area contributed by atoms with Gasteiger partial charge in [0.1, 0.15) is 5.92 Å². The van der Waals surface area contributed by atoms with Gasteiger partial charge in [0.2, 0.25) is 0 Å². The number of amides is 1. The Bertz CT molecular complexity index is 1010. The van der Waals surface area contributed by atoms with Gasteiger partial charge in [-0.05, 0) is 23.8 Å². The van der Waals surface area contributed by atoms with Gasteiger partial charge in [0.05, 0.1) is 0 Å². The second kappa shape index (κ2) is 6.49. The molecule has 3 aromatic carbocycles. The van der Waals surface area contributed by atoms with Crippen molar-refractivity contribution in [2.75, 3.05) is 4.90 Å². The molecule has 1 aliphatic rings. The van der Waals surface area contributed by atoms with E-state index in [1.165, 1.54) is 54.6 Å². The number of carbonyl (C=O) groups excluding carboxylic acids is 1. The van der Waals surface area contributed by atoms with Gasteiger partial charge >= 0.3 is 6.18 Å². The van der Waals surface area contributed by atoms with E-state index in [9.17, 15) is 23.1 Å². The summed E-state index contributed by atoms with van der Waals surface area (Å²) in [6.45, 7) is 0. The molecule has 4 rings (SSSR count). The molecule has 1 heterocycles. The second-order valence-corrected chi connectivity index (χ2v) is 6.63. The van der Waals surface area contributed by atoms with Crippen LogP contribution >= 0.6 is 0 Å². The highest BCUT2D eigenvalue weighted by atomic mass is 19.4. The van der Waals surface area contributed by atoms with Gasteiger partial charge < -0.3 is 5.11 Å². The van der Waals surface area contributed by atoms with E-state index >= 15 is 0 Å². The first-order valence-corrected chi connectivity index (χ1v) is 8.68. The highest BCUT2D eigenvalue weighted by molar-refractivity contribution is 6.11. The van der Waals surface area contributed by atoms with Crippen LogP contribution in [-0.2, 0) is 5.72 Å². The van der Waals surface area contributed by atoms with E-state index in [0.717, 1.165) is 4.90 Å². The number of hydrogen-bond donors (Lipinski definition) is 1. The summed E-state index contributed by atoms with van der Waals surface area (Å²) in [5, 5.41) is 11.7. The number of alkyl halides is 3. The summed E-state index contributed by atoms with van der Waals surface area (Å²) in [6, 6.07) is 21.0. The van der Waals surface area contributed by atoms with Crippen molar-refractivity contribution in [1.82, 2.24) is 0 Å². The lowest BCUT2D eigenvalue weighted by atomic mass is 9.82. The summed E-state index contributed by atoms with van der Waals surface area (Å²) in [4.78, 5) is 13.9. The molecule has 1 N–H and O–H groups in total. The van der Waals surface area contributed by atoms with Crippen molar-refractivity contribution in [3.05, 3.63) is 102 Å². The van der Waals surface area contributed by atoms with Crippen LogP contribution < -0.4 is 4.90 Å². The zero-order valence-corrected chi connectivity index (χ0v) is 14.6. The minimum atomic E-state index is -4.80. The molecule has 0 saturated heterocycles. The van der Waals surface area contributed by atoms with E-state index < -0.39 is 23.7 Å². The fourth-order valence-electron chi connectivity index (χ4n) is 3.86. The molecule has 28 heavy (non-hydrogen) atoms. The van der Waals surface area contributed by atoms with Gasteiger partial charge in [-0.1, -0.05) is 66.7 Å². The van der Waals surface area contributed by atoms with Gasteiger partial charge in [-0.2, -0.15) is 13.2 Å². The minimum absolute atomic E-state index is 0.0547. The molecule has 1 aliphatic heterocycles. The quantitative estimate of drug-likeness (QED) is 0.703. The predicted octanol–water partition coefficient (Wildman–Crippen LogP) is 4.84. The molecule has 6 heteroatoms. The summed E-state index contributed by atoms with van der Waals surface area (Å²) in [6.07, 6.45) is -4.80. The molecule has 2 unspecified atom stereocenters. The number of anilines is 1. The molecule has 142 valence electrons. The zero-order valence-electron chi connectivity index (χ0n) is 14.6. The largest absolute Gasteiger partial charge is 0.400 e. The van der Waals surface area contributed by atoms with Crippen molar-refractivity contribution in [3.63, 3.8) is 0 Å². The predicted molar refractivity (Wildman–Crippen MR) is 98.8 cm³/mol. The lowest BCUT2D eigenvalue weighted by Crippen LogP contribution is -2.52. The van der Waals surface area contributed by atoms with Crippen molar-refractivity contribution in [2.24, 2.45) is 0 Å². The molecule has 0 aliphatic carbocycles. The summed E-state index contributed by atoms with van der Waals surface area (Å²) in [5.74, 6) is -3.00. The normalized spacial score (nSPS) is 20.1. The first kappa shape index (κ1) is 18.3. The molecule has 0 radical (unpaired) electrons. The SMILES string of the molecule is O=C1c2ccccc2C(O)(C(c2ccccc2)C(F)(F)F)N1c1ccccc1. The second-order valence-electron chi connectivity index (χ2n) is 6.63. The number of carbonyl (C=O) groups is 1. The molecule has 0 spiro atoms. The molecule has 0 aromatic heterocycles. The molecular weight excluding hydrogens is 367 g/mol. The summed E-state index contributed by atoms with van der Waals surface area (Å²) in [7, 11) is 0. The van der Waals surface area contributed by atoms with Crippen LogP contribution in [0.2, 0.25) is 0 Å². The lowest BCUT2D eigenvalue weighted by Gasteiger charge is -2.41. The maximum absolute atomic E-state index is 14.3. The van der Waals surface area contributed by atoms with E-state index in [1.54, 1.807) is 30.3 Å². The maximum Gasteiger partial charge on any atom is 0.400 e. The van der Waals surface area contributed by atoms with Crippen LogP contribution in [0.1, 0.15) is 27.4 Å². The Morgan fingerprint density at radius 1 is 0.821 bits per heavy atom. The van der Waals surface area contributed by atoms with Crippen molar-refractivity contribution in [2.45, 2.75) is 17.8 Å². The zero-order chi connectivity index (χ0) is 19.9. The molecule has 2 atom stereocenters. The average Bonchev–Trinajstić information content (AvgIpc) is 2.90. The number of hydrogen-bond acceptors (Lipinski definition) is 2. The number of benzene rings is 3. The number of fused-ring (bicyclic) bond motifs is 1. The first-order valence-electron chi connectivity index (χ1n) is 8.68. The average molecular weight is 383 g/mol. The standard InChI is InChI=1S/C22H16F3NO2/c23-22(24,25)19(15-9-3-1-4-10-15)21(28)18-14-8-7-13-17(18)20(27)26(21)16-11-5-2-6-12-16/h1-14,19,28H. The van der Waals surface area contributed by atoms with Crippen LogP contribution in [0.15, 0.2) is 84.9 Å². The van der Waals surface area contributed by atoms with Gasteiger partial charge in [0.15, 0.2) is 5.72 Å². The number of para-hydroxylation sites is 1. The topological polar surface area (TPSA) is 40.5 Å². The third kappa shape index (κ3) is 2.68. The van der Waals surface area contributed by atoms with E-state index in [-0.39, 0.29) is 22.4 Å². The van der Waals surface area contributed by atoms with Crippen molar-refractivity contribution < 1.29 is 23.1 Å². The number of aliphatic hydroxyl groups is 1. The minimum Gasteiger partial charge on any atom is -0.366 e. The number of rotatable bonds is 3. The molecule has 0 fully saturated rings. The first-order chi connectivity index (χ1) is 13.3. The molecule has 0 saturated carbocycles. The Labute approximate surface area is 159 Å². The Morgan fingerprint density at radius 3 is 1.96 bits per heavy atom. The molecule has 0 bridgehead atoms. The monoisotopic (exact) mass is 383 g/mol. The molecular formula is C22H16F3NO2. The summed E-state index contributed by atoms with van der Waals surface area (Å²) < 4.78 is 42.9. The van der Waals surface area contributed by atoms with E-state index in [4.69, 9.17) is 0 Å². The number of nitrogens with zero attached hydrogens (tertiary/aromatic N) is 1. The van der Waals surface area contributed by atoms with Gasteiger partial charge in [0.25, 0.3) is 5.91 Å². The number of halogens is 3. The van der Waals surface area contributed by atoms with E-state index in [0.29, 0.717) is 0 Å². The maximum atomic E-state index is 14.3. The molecule has 1 amide bonds. The Kier molecular flexibility index (Phi) is 4.23.